The second-order valence-electron chi connectivity index (χ2n) is 7.73. The van der Waals surface area contributed by atoms with Gasteiger partial charge in [-0.15, -0.1) is 0 Å². The lowest BCUT2D eigenvalue weighted by molar-refractivity contribution is 0.0701. The summed E-state index contributed by atoms with van der Waals surface area (Å²) in [5.74, 6) is 1.65. The number of hydrogen-bond acceptors (Lipinski definition) is 4. The number of amides is 1. The molecule has 1 aliphatic heterocycles. The highest BCUT2D eigenvalue weighted by Crippen LogP contribution is 2.33. The first-order valence-corrected chi connectivity index (χ1v) is 10.1. The molecule has 7 nitrogen and oxygen atoms in total. The lowest BCUT2D eigenvalue weighted by atomic mass is 9.94. The van der Waals surface area contributed by atoms with Gasteiger partial charge in [0.2, 0.25) is 0 Å². The maximum Gasteiger partial charge on any atom is 0.270 e. The molecule has 1 unspecified atom stereocenters. The highest BCUT2D eigenvalue weighted by atomic mass is 16.5. The molecule has 7 heteroatoms. The molecule has 5 rings (SSSR count). The molecule has 30 heavy (non-hydrogen) atoms. The Labute approximate surface area is 174 Å². The SMILES string of the molecule is COc1cc(OC)c2cc(C(=O)N3CCCC(c4cc5ncccc5[nH]4)C3)[nH]c2c1. The first-order chi connectivity index (χ1) is 14.7. The molecule has 2 N–H and O–H groups in total. The van der Waals surface area contributed by atoms with Crippen LogP contribution >= 0.6 is 0 Å². The van der Waals surface area contributed by atoms with E-state index in [2.05, 4.69) is 21.0 Å². The van der Waals surface area contributed by atoms with Gasteiger partial charge in [-0.3, -0.25) is 9.78 Å². The predicted molar refractivity (Wildman–Crippen MR) is 115 cm³/mol. The van der Waals surface area contributed by atoms with Gasteiger partial charge in [0.15, 0.2) is 0 Å². The van der Waals surface area contributed by atoms with Crippen molar-refractivity contribution in [2.45, 2.75) is 18.8 Å². The van der Waals surface area contributed by atoms with Crippen molar-refractivity contribution < 1.29 is 14.3 Å². The average molecular weight is 404 g/mol. The molecular formula is C23H24N4O3. The van der Waals surface area contributed by atoms with Gasteiger partial charge in [-0.25, -0.2) is 0 Å². The summed E-state index contributed by atoms with van der Waals surface area (Å²) in [4.78, 5) is 26.3. The van der Waals surface area contributed by atoms with E-state index in [1.165, 1.54) is 0 Å². The van der Waals surface area contributed by atoms with E-state index in [9.17, 15) is 4.79 Å². The first-order valence-electron chi connectivity index (χ1n) is 10.1. The zero-order chi connectivity index (χ0) is 20.7. The third kappa shape index (κ3) is 3.16. The van der Waals surface area contributed by atoms with Gasteiger partial charge in [-0.2, -0.15) is 0 Å². The van der Waals surface area contributed by atoms with Crippen LogP contribution in [-0.2, 0) is 0 Å². The fraction of sp³-hybridized carbons (Fsp3) is 0.304. The van der Waals surface area contributed by atoms with Gasteiger partial charge >= 0.3 is 0 Å². The van der Waals surface area contributed by atoms with E-state index in [1.54, 1.807) is 20.4 Å². The maximum absolute atomic E-state index is 13.3. The minimum Gasteiger partial charge on any atom is -0.497 e. The fourth-order valence-electron chi connectivity index (χ4n) is 4.36. The molecule has 1 amide bonds. The average Bonchev–Trinajstić information content (AvgIpc) is 3.42. The minimum absolute atomic E-state index is 0.00570. The molecular weight excluding hydrogens is 380 g/mol. The summed E-state index contributed by atoms with van der Waals surface area (Å²) in [5.41, 5.74) is 4.53. The van der Waals surface area contributed by atoms with Crippen molar-refractivity contribution in [2.24, 2.45) is 0 Å². The normalized spacial score (nSPS) is 16.9. The highest BCUT2D eigenvalue weighted by Gasteiger charge is 2.27. The molecule has 1 fully saturated rings. The summed E-state index contributed by atoms with van der Waals surface area (Å²) in [6, 6.07) is 11.6. The molecule has 0 bridgehead atoms. The van der Waals surface area contributed by atoms with Crippen LogP contribution in [-0.4, -0.2) is 53.1 Å². The van der Waals surface area contributed by atoms with Crippen molar-refractivity contribution >= 4 is 27.8 Å². The monoisotopic (exact) mass is 404 g/mol. The van der Waals surface area contributed by atoms with Crippen LogP contribution in [0.5, 0.6) is 11.5 Å². The predicted octanol–water partition coefficient (Wildman–Crippen LogP) is 4.08. The number of nitrogens with one attached hydrogen (secondary N) is 2. The lowest BCUT2D eigenvalue weighted by Gasteiger charge is -2.32. The molecule has 1 saturated heterocycles. The number of nitrogens with zero attached hydrogens (tertiary/aromatic N) is 2. The van der Waals surface area contributed by atoms with E-state index in [0.717, 1.165) is 47.0 Å². The molecule has 154 valence electrons. The smallest absolute Gasteiger partial charge is 0.270 e. The second-order valence-corrected chi connectivity index (χ2v) is 7.73. The number of aromatic nitrogens is 3. The number of benzene rings is 1. The van der Waals surface area contributed by atoms with E-state index in [0.29, 0.717) is 23.7 Å². The Bertz CT molecular complexity index is 1190. The molecule has 0 saturated carbocycles. The summed E-state index contributed by atoms with van der Waals surface area (Å²) in [7, 11) is 3.23. The summed E-state index contributed by atoms with van der Waals surface area (Å²) in [6.07, 6.45) is 3.82. The number of likely N-dealkylation sites (tertiary alicyclic amines) is 1. The van der Waals surface area contributed by atoms with Crippen LogP contribution in [0, 0.1) is 0 Å². The number of carbonyl (C=O) groups excluding carboxylic acids is 1. The number of pyridine rings is 1. The topological polar surface area (TPSA) is 83.2 Å². The summed E-state index contributed by atoms with van der Waals surface area (Å²) >= 11 is 0. The standard InChI is InChI=1S/C23H24N4O3/c1-29-15-9-19-16(22(10-15)30-2)11-21(26-19)23(28)27-8-4-5-14(13-27)18-12-20-17(25-18)6-3-7-24-20/h3,6-7,9-12,14,25-26H,4-5,8,13H2,1-2H3. The minimum atomic E-state index is 0.00570. The summed E-state index contributed by atoms with van der Waals surface area (Å²) in [6.45, 7) is 1.44. The van der Waals surface area contributed by atoms with Gasteiger partial charge in [0, 0.05) is 48.4 Å². The van der Waals surface area contributed by atoms with Crippen molar-refractivity contribution in [1.82, 2.24) is 19.9 Å². The Balaban J connectivity index is 1.41. The number of hydrogen-bond donors (Lipinski definition) is 2. The maximum atomic E-state index is 13.3. The van der Waals surface area contributed by atoms with Crippen LogP contribution < -0.4 is 9.47 Å². The Morgan fingerprint density at radius 2 is 2.03 bits per heavy atom. The van der Waals surface area contributed by atoms with Crippen molar-refractivity contribution in [3.8, 4) is 11.5 Å². The quantitative estimate of drug-likeness (QED) is 0.537. The van der Waals surface area contributed by atoms with Gasteiger partial charge in [0.25, 0.3) is 5.91 Å². The van der Waals surface area contributed by atoms with E-state index in [4.69, 9.17) is 9.47 Å². The van der Waals surface area contributed by atoms with E-state index in [-0.39, 0.29) is 11.8 Å². The van der Waals surface area contributed by atoms with Crippen LogP contribution in [0.25, 0.3) is 21.9 Å². The molecule has 4 aromatic rings. The van der Waals surface area contributed by atoms with Gasteiger partial charge < -0.3 is 24.3 Å². The molecule has 4 heterocycles. The Morgan fingerprint density at radius 3 is 2.83 bits per heavy atom. The van der Waals surface area contributed by atoms with Crippen molar-refractivity contribution in [3.63, 3.8) is 0 Å². The number of methoxy groups -OCH3 is 2. The molecule has 1 atom stereocenters. The van der Waals surface area contributed by atoms with E-state index in [1.807, 2.05) is 35.2 Å². The number of carbonyl (C=O) groups is 1. The summed E-state index contributed by atoms with van der Waals surface area (Å²) < 4.78 is 10.8. The Morgan fingerprint density at radius 1 is 1.13 bits per heavy atom. The number of H-pyrrole nitrogens is 2. The zero-order valence-electron chi connectivity index (χ0n) is 17.1. The van der Waals surface area contributed by atoms with Gasteiger partial charge in [0.1, 0.15) is 17.2 Å². The highest BCUT2D eigenvalue weighted by molar-refractivity contribution is 6.00. The molecule has 1 aliphatic rings. The number of rotatable bonds is 4. The number of piperidine rings is 1. The van der Waals surface area contributed by atoms with Gasteiger partial charge in [0.05, 0.1) is 30.8 Å². The third-order valence-corrected chi connectivity index (χ3v) is 5.92. The fourth-order valence-corrected chi connectivity index (χ4v) is 4.36. The Kier molecular flexibility index (Phi) is 4.58. The molecule has 0 aliphatic carbocycles. The van der Waals surface area contributed by atoms with Crippen LogP contribution in [0.2, 0.25) is 0 Å². The number of ether oxygens (including phenoxy) is 2. The third-order valence-electron chi connectivity index (χ3n) is 5.92. The van der Waals surface area contributed by atoms with Gasteiger partial charge in [-0.05, 0) is 37.1 Å². The lowest BCUT2D eigenvalue weighted by Crippen LogP contribution is -2.39. The van der Waals surface area contributed by atoms with Crippen molar-refractivity contribution in [1.29, 1.82) is 0 Å². The van der Waals surface area contributed by atoms with E-state index >= 15 is 0 Å². The van der Waals surface area contributed by atoms with E-state index < -0.39 is 0 Å². The number of fused-ring (bicyclic) bond motifs is 2. The first kappa shape index (κ1) is 18.5. The van der Waals surface area contributed by atoms with Crippen LogP contribution in [0.15, 0.2) is 42.6 Å². The van der Waals surface area contributed by atoms with Crippen molar-refractivity contribution in [3.05, 3.63) is 54.0 Å². The number of aromatic amines is 2. The van der Waals surface area contributed by atoms with Crippen LogP contribution in [0.4, 0.5) is 0 Å². The molecule has 3 aromatic heterocycles. The second kappa shape index (κ2) is 7.40. The van der Waals surface area contributed by atoms with Crippen molar-refractivity contribution in [2.75, 3.05) is 27.3 Å². The largest absolute Gasteiger partial charge is 0.497 e. The molecule has 0 spiro atoms. The summed E-state index contributed by atoms with van der Waals surface area (Å²) in [5, 5.41) is 0.872. The molecule has 0 radical (unpaired) electrons. The van der Waals surface area contributed by atoms with Gasteiger partial charge in [-0.1, -0.05) is 0 Å². The Hall–Kier alpha value is -3.48. The molecule has 1 aromatic carbocycles. The zero-order valence-corrected chi connectivity index (χ0v) is 17.1. The van der Waals surface area contributed by atoms with Crippen LogP contribution in [0.3, 0.4) is 0 Å². The van der Waals surface area contributed by atoms with Crippen LogP contribution in [0.1, 0.15) is 34.9 Å².